The average molecular weight is 506 g/mol. The van der Waals surface area contributed by atoms with Crippen molar-refractivity contribution in [3.8, 4) is 33.8 Å². The van der Waals surface area contributed by atoms with E-state index in [1.54, 1.807) is 0 Å². The summed E-state index contributed by atoms with van der Waals surface area (Å²) < 4.78 is 106. The molecule has 0 heterocycles. The molecule has 0 fully saturated rings. The van der Waals surface area contributed by atoms with Crippen molar-refractivity contribution >= 4 is 10.8 Å². The van der Waals surface area contributed by atoms with Crippen LogP contribution in [0.3, 0.4) is 0 Å². The first kappa shape index (κ1) is 25.1. The van der Waals surface area contributed by atoms with Gasteiger partial charge in [0.25, 0.3) is 0 Å². The first-order valence-electron chi connectivity index (χ1n) is 10.5. The maximum Gasteiger partial charge on any atom is 0.422 e. The maximum atomic E-state index is 15.0. The third-order valence-electron chi connectivity index (χ3n) is 5.26. The molecule has 186 valence electrons. The lowest BCUT2D eigenvalue weighted by Crippen LogP contribution is -2.19. The zero-order valence-corrected chi connectivity index (χ0v) is 18.4. The number of halogens is 7. The minimum Gasteiger partial charge on any atom is -0.489 e. The molecule has 0 aliphatic carbocycles. The van der Waals surface area contributed by atoms with Crippen molar-refractivity contribution in [1.29, 1.82) is 0 Å². The number of hydrogen-bond donors (Lipinski definition) is 0. The largest absolute Gasteiger partial charge is 0.489 e. The molecule has 0 atom stereocenters. The molecule has 0 bridgehead atoms. The van der Waals surface area contributed by atoms with E-state index in [2.05, 4.69) is 11.3 Å². The van der Waals surface area contributed by atoms with Gasteiger partial charge in [0.15, 0.2) is 18.2 Å². The zero-order valence-electron chi connectivity index (χ0n) is 18.4. The lowest BCUT2D eigenvalue weighted by molar-refractivity contribution is -0.153. The van der Waals surface area contributed by atoms with Crippen LogP contribution in [0.25, 0.3) is 33.0 Å². The Hall–Kier alpha value is -4.01. The van der Waals surface area contributed by atoms with E-state index in [1.165, 1.54) is 42.5 Å². The number of ether oxygens (including phenoxy) is 2. The summed E-state index contributed by atoms with van der Waals surface area (Å²) in [7, 11) is 0. The van der Waals surface area contributed by atoms with Crippen molar-refractivity contribution in [1.82, 2.24) is 0 Å². The summed E-state index contributed by atoms with van der Waals surface area (Å²) in [5.74, 6) is -4.25. The van der Waals surface area contributed by atoms with Gasteiger partial charge in [0.05, 0.1) is 5.56 Å². The molecule has 36 heavy (non-hydrogen) atoms. The predicted molar refractivity (Wildman–Crippen MR) is 122 cm³/mol. The first-order valence-corrected chi connectivity index (χ1v) is 10.5. The summed E-state index contributed by atoms with van der Waals surface area (Å²) in [5.41, 5.74) is -0.0765. The second kappa shape index (κ2) is 9.93. The Morgan fingerprint density at radius 1 is 0.750 bits per heavy atom. The van der Waals surface area contributed by atoms with Crippen molar-refractivity contribution in [2.45, 2.75) is 6.18 Å². The topological polar surface area (TPSA) is 18.5 Å². The number of fused-ring (bicyclic) bond motifs is 1. The molecular formula is C27H17F7O2. The van der Waals surface area contributed by atoms with E-state index in [0.29, 0.717) is 10.9 Å². The molecule has 0 N–H and O–H groups in total. The van der Waals surface area contributed by atoms with E-state index in [9.17, 15) is 26.3 Å². The second-order valence-corrected chi connectivity index (χ2v) is 7.77. The van der Waals surface area contributed by atoms with Gasteiger partial charge < -0.3 is 9.47 Å². The fraction of sp³-hybridized carbons (Fsp3) is 0.111. The van der Waals surface area contributed by atoms with Crippen molar-refractivity contribution < 1.29 is 40.2 Å². The summed E-state index contributed by atoms with van der Waals surface area (Å²) in [6.45, 7) is 1.87. The molecule has 0 aliphatic rings. The molecule has 4 aromatic rings. The van der Waals surface area contributed by atoms with Crippen LogP contribution in [0.2, 0.25) is 0 Å². The van der Waals surface area contributed by atoms with Crippen molar-refractivity contribution in [2.24, 2.45) is 0 Å². The van der Waals surface area contributed by atoms with Gasteiger partial charge in [-0.05, 0) is 34.7 Å². The fourth-order valence-corrected chi connectivity index (χ4v) is 3.68. The summed E-state index contributed by atoms with van der Waals surface area (Å²) >= 11 is 0. The van der Waals surface area contributed by atoms with Crippen molar-refractivity contribution in [2.75, 3.05) is 13.2 Å². The predicted octanol–water partition coefficient (Wildman–Crippen LogP) is 8.24. The van der Waals surface area contributed by atoms with Crippen LogP contribution in [0.5, 0.6) is 11.5 Å². The number of hydrogen-bond acceptors (Lipinski definition) is 2. The average Bonchev–Trinajstić information content (AvgIpc) is 2.81. The molecule has 0 saturated heterocycles. The minimum atomic E-state index is -4.62. The highest BCUT2D eigenvalue weighted by molar-refractivity contribution is 5.89. The van der Waals surface area contributed by atoms with Crippen LogP contribution in [0.15, 0.2) is 73.3 Å². The Balaban J connectivity index is 1.65. The van der Waals surface area contributed by atoms with Gasteiger partial charge in [-0.1, -0.05) is 43.0 Å². The van der Waals surface area contributed by atoms with Crippen molar-refractivity contribution in [3.63, 3.8) is 0 Å². The van der Waals surface area contributed by atoms with Gasteiger partial charge in [-0.25, -0.2) is 17.6 Å². The lowest BCUT2D eigenvalue weighted by atomic mass is 9.97. The Kier molecular flexibility index (Phi) is 6.92. The molecule has 4 aromatic carbocycles. The van der Waals surface area contributed by atoms with Gasteiger partial charge in [-0.15, -0.1) is 0 Å². The molecule has 0 unspecified atom stereocenters. The summed E-state index contributed by atoms with van der Waals surface area (Å²) in [6.07, 6.45) is -3.21. The molecule has 2 nitrogen and oxygen atoms in total. The van der Waals surface area contributed by atoms with Crippen LogP contribution < -0.4 is 9.47 Å². The molecule has 0 radical (unpaired) electrons. The highest BCUT2D eigenvalue weighted by Gasteiger charge is 2.29. The maximum absolute atomic E-state index is 15.0. The van der Waals surface area contributed by atoms with Gasteiger partial charge in [-0.2, -0.15) is 13.2 Å². The Labute approximate surface area is 201 Å². The highest BCUT2D eigenvalue weighted by Crippen LogP contribution is 2.35. The monoisotopic (exact) mass is 506 g/mol. The molecule has 0 spiro atoms. The van der Waals surface area contributed by atoms with Gasteiger partial charge in [0.2, 0.25) is 0 Å². The smallest absolute Gasteiger partial charge is 0.422 e. The summed E-state index contributed by atoms with van der Waals surface area (Å²) in [5, 5.41) is 0.276. The molecule has 9 heteroatoms. The number of benzene rings is 4. The second-order valence-electron chi connectivity index (χ2n) is 7.77. The van der Waals surface area contributed by atoms with Crippen molar-refractivity contribution in [3.05, 3.63) is 96.6 Å². The van der Waals surface area contributed by atoms with E-state index < -0.39 is 47.4 Å². The minimum absolute atomic E-state index is 0.0154. The van der Waals surface area contributed by atoms with E-state index in [0.717, 1.165) is 24.3 Å². The lowest BCUT2D eigenvalue weighted by Gasteiger charge is -2.13. The molecule has 0 amide bonds. The molecule has 0 aliphatic heterocycles. The Morgan fingerprint density at radius 3 is 2.08 bits per heavy atom. The molecule has 0 aromatic heterocycles. The van der Waals surface area contributed by atoms with Gasteiger partial charge in [0, 0.05) is 23.1 Å². The van der Waals surface area contributed by atoms with Crippen LogP contribution in [0.1, 0.15) is 0 Å². The summed E-state index contributed by atoms with van der Waals surface area (Å²) in [4.78, 5) is 0. The molecule has 0 saturated carbocycles. The zero-order chi connectivity index (χ0) is 26.0. The van der Waals surface area contributed by atoms with E-state index in [-0.39, 0.29) is 28.9 Å². The highest BCUT2D eigenvalue weighted by atomic mass is 19.4. The van der Waals surface area contributed by atoms with Crippen LogP contribution >= 0.6 is 0 Å². The standard InChI is InChI=1S/C27H17F7O2/c1-2-9-35-18-12-22(29)25(23(30)13-18)17-4-6-19(21(28)11-17)15-3-7-20-16(10-15)5-8-24(26(20)31)36-14-27(32,33)34/h2-8,10-13H,1,9,14H2. The Bertz CT molecular complexity index is 1420. The normalized spacial score (nSPS) is 11.5. The molecule has 4 rings (SSSR count). The third-order valence-corrected chi connectivity index (χ3v) is 5.26. The SMILES string of the molecule is C=CCOc1cc(F)c(-c2ccc(-c3ccc4c(F)c(OCC(F)(F)F)ccc4c3)c(F)c2)c(F)c1. The number of alkyl halides is 3. The quantitative estimate of drug-likeness (QED) is 0.186. The van der Waals surface area contributed by atoms with E-state index >= 15 is 4.39 Å². The van der Waals surface area contributed by atoms with E-state index in [4.69, 9.17) is 4.74 Å². The number of rotatable bonds is 7. The third kappa shape index (κ3) is 5.30. The van der Waals surface area contributed by atoms with Crippen LogP contribution in [0.4, 0.5) is 30.7 Å². The first-order chi connectivity index (χ1) is 17.1. The van der Waals surface area contributed by atoms with Gasteiger partial charge in [-0.3, -0.25) is 0 Å². The Morgan fingerprint density at radius 2 is 1.44 bits per heavy atom. The van der Waals surface area contributed by atoms with E-state index in [1.807, 2.05) is 0 Å². The molecular weight excluding hydrogens is 489 g/mol. The van der Waals surface area contributed by atoms with Crippen LogP contribution in [-0.4, -0.2) is 19.4 Å². The van der Waals surface area contributed by atoms with Gasteiger partial charge in [0.1, 0.15) is 29.8 Å². The van der Waals surface area contributed by atoms with Gasteiger partial charge >= 0.3 is 6.18 Å². The summed E-state index contributed by atoms with van der Waals surface area (Å²) in [6, 6.07) is 12.1. The van der Waals surface area contributed by atoms with Crippen LogP contribution in [0, 0.1) is 23.3 Å². The van der Waals surface area contributed by atoms with Crippen LogP contribution in [-0.2, 0) is 0 Å². The fourth-order valence-electron chi connectivity index (χ4n) is 3.68.